The molecule has 2 amide bonds. The van der Waals surface area contributed by atoms with Crippen molar-refractivity contribution in [3.63, 3.8) is 0 Å². The van der Waals surface area contributed by atoms with Crippen molar-refractivity contribution in [1.82, 2.24) is 9.36 Å². The van der Waals surface area contributed by atoms with Crippen LogP contribution in [0.15, 0.2) is 88.6 Å². The summed E-state index contributed by atoms with van der Waals surface area (Å²) in [6.45, 7) is 1.41. The van der Waals surface area contributed by atoms with Crippen LogP contribution in [-0.4, -0.2) is 33.0 Å². The third-order valence-corrected chi connectivity index (χ3v) is 7.15. The molecule has 0 radical (unpaired) electrons. The van der Waals surface area contributed by atoms with Gasteiger partial charge in [-0.1, -0.05) is 36.4 Å². The summed E-state index contributed by atoms with van der Waals surface area (Å²) in [7, 11) is 1.72. The molecular weight excluding hydrogens is 533 g/mol. The number of anilines is 2. The van der Waals surface area contributed by atoms with Crippen molar-refractivity contribution in [2.45, 2.75) is 6.92 Å². The van der Waals surface area contributed by atoms with Crippen LogP contribution >= 0.6 is 11.8 Å². The van der Waals surface area contributed by atoms with E-state index in [2.05, 4.69) is 5.32 Å². The van der Waals surface area contributed by atoms with E-state index in [9.17, 15) is 18.8 Å². The Morgan fingerprint density at radius 2 is 1.70 bits per heavy atom. The van der Waals surface area contributed by atoms with Crippen LogP contribution in [0.25, 0.3) is 11.8 Å². The van der Waals surface area contributed by atoms with E-state index in [0.29, 0.717) is 28.4 Å². The number of hydrogen-bond donors (Lipinski definition) is 2. The number of ether oxygens (including phenoxy) is 1. The number of thioether (sulfide) groups is 1. The Bertz CT molecular complexity index is 1710. The zero-order chi connectivity index (χ0) is 28.4. The summed E-state index contributed by atoms with van der Waals surface area (Å²) in [5.41, 5.74) is 1.82. The number of carbonyl (C=O) groups excluding carboxylic acids is 2. The molecule has 1 aromatic heterocycles. The SMILES string of the molecule is Cc1c(N2C(=N)S/C(=C\c3ccccc3OCC(=O)Nc3ccc(F)cc3)C2=O)c(=O)n(-c2ccccc2)n1C. The molecule has 0 saturated carbocycles. The van der Waals surface area contributed by atoms with E-state index in [1.54, 1.807) is 61.1 Å². The van der Waals surface area contributed by atoms with Crippen molar-refractivity contribution in [2.75, 3.05) is 16.8 Å². The summed E-state index contributed by atoms with van der Waals surface area (Å²) in [5.74, 6) is -1.01. The van der Waals surface area contributed by atoms with Crippen LogP contribution in [0, 0.1) is 18.2 Å². The first kappa shape index (κ1) is 26.7. The molecular formula is C29H24FN5O4S. The number of carbonyl (C=O) groups is 2. The maximum atomic E-state index is 13.5. The number of amides is 2. The van der Waals surface area contributed by atoms with E-state index in [0.717, 1.165) is 16.7 Å². The molecule has 1 fully saturated rings. The zero-order valence-electron chi connectivity index (χ0n) is 21.6. The Kier molecular flexibility index (Phi) is 7.39. The monoisotopic (exact) mass is 557 g/mol. The molecule has 0 unspecified atom stereocenters. The second-order valence-corrected chi connectivity index (χ2v) is 9.88. The smallest absolute Gasteiger partial charge is 0.296 e. The Hall–Kier alpha value is -4.90. The lowest BCUT2D eigenvalue weighted by Crippen LogP contribution is -2.33. The fourth-order valence-corrected chi connectivity index (χ4v) is 5.09. The van der Waals surface area contributed by atoms with Crippen LogP contribution in [0.3, 0.4) is 0 Å². The first-order chi connectivity index (χ1) is 19.2. The van der Waals surface area contributed by atoms with Gasteiger partial charge in [0.05, 0.1) is 16.3 Å². The second kappa shape index (κ2) is 11.1. The number of amidine groups is 1. The van der Waals surface area contributed by atoms with Crippen LogP contribution in [0.1, 0.15) is 11.3 Å². The maximum absolute atomic E-state index is 13.5. The van der Waals surface area contributed by atoms with Gasteiger partial charge in [-0.25, -0.2) is 14.0 Å². The average Bonchev–Trinajstić information content (AvgIpc) is 3.34. The van der Waals surface area contributed by atoms with Crippen molar-refractivity contribution >= 4 is 46.2 Å². The van der Waals surface area contributed by atoms with E-state index in [4.69, 9.17) is 10.1 Å². The quantitative estimate of drug-likeness (QED) is 0.320. The molecule has 4 aromatic rings. The highest BCUT2D eigenvalue weighted by atomic mass is 32.2. The standard InChI is InChI=1S/C29H24FN5O4S/c1-18-26(28(38)35(33(18)2)22-9-4-3-5-10-22)34-27(37)24(40-29(34)31)16-19-8-6-7-11-23(19)39-17-25(36)32-21-14-12-20(30)13-15-21/h3-16,31H,17H2,1-2H3,(H,32,36)/b24-16-,31-29?. The number of para-hydroxylation sites is 2. The molecule has 0 spiro atoms. The Morgan fingerprint density at radius 1 is 1.02 bits per heavy atom. The van der Waals surface area contributed by atoms with Gasteiger partial charge >= 0.3 is 0 Å². The number of aromatic nitrogens is 2. The third kappa shape index (κ3) is 5.19. The molecule has 9 nitrogen and oxygen atoms in total. The molecule has 40 heavy (non-hydrogen) atoms. The molecule has 3 aromatic carbocycles. The third-order valence-electron chi connectivity index (χ3n) is 6.26. The van der Waals surface area contributed by atoms with E-state index >= 15 is 0 Å². The van der Waals surface area contributed by atoms with E-state index in [-0.39, 0.29) is 22.4 Å². The molecule has 1 aliphatic heterocycles. The molecule has 0 aliphatic carbocycles. The summed E-state index contributed by atoms with van der Waals surface area (Å²) < 4.78 is 21.9. The van der Waals surface area contributed by atoms with Crippen LogP contribution in [-0.2, 0) is 16.6 Å². The lowest BCUT2D eigenvalue weighted by Gasteiger charge is -2.12. The Balaban J connectivity index is 1.38. The van der Waals surface area contributed by atoms with Gasteiger partial charge in [-0.05, 0) is 67.2 Å². The van der Waals surface area contributed by atoms with Crippen LogP contribution < -0.4 is 20.5 Å². The van der Waals surface area contributed by atoms with Crippen molar-refractivity contribution in [3.05, 3.63) is 111 Å². The predicted octanol–water partition coefficient (Wildman–Crippen LogP) is 4.70. The lowest BCUT2D eigenvalue weighted by molar-refractivity contribution is -0.118. The highest BCUT2D eigenvalue weighted by Gasteiger charge is 2.38. The predicted molar refractivity (Wildman–Crippen MR) is 153 cm³/mol. The van der Waals surface area contributed by atoms with Crippen molar-refractivity contribution < 1.29 is 18.7 Å². The first-order valence-corrected chi connectivity index (χ1v) is 13.0. The van der Waals surface area contributed by atoms with Gasteiger partial charge in [0.2, 0.25) is 0 Å². The van der Waals surface area contributed by atoms with Gasteiger partial charge in [0.15, 0.2) is 11.8 Å². The Labute approximate surface area is 233 Å². The van der Waals surface area contributed by atoms with Gasteiger partial charge in [-0.15, -0.1) is 0 Å². The van der Waals surface area contributed by atoms with Crippen molar-refractivity contribution in [1.29, 1.82) is 5.41 Å². The minimum Gasteiger partial charge on any atom is -0.483 e. The van der Waals surface area contributed by atoms with Crippen LogP contribution in [0.4, 0.5) is 15.8 Å². The van der Waals surface area contributed by atoms with E-state index in [1.807, 2.05) is 18.2 Å². The van der Waals surface area contributed by atoms with Gasteiger partial charge in [0.1, 0.15) is 17.3 Å². The minimum absolute atomic E-state index is 0.0978. The first-order valence-electron chi connectivity index (χ1n) is 12.2. The number of nitrogens with one attached hydrogen (secondary N) is 2. The average molecular weight is 558 g/mol. The van der Waals surface area contributed by atoms with Gasteiger partial charge in [0, 0.05) is 18.3 Å². The number of halogens is 1. The Morgan fingerprint density at radius 3 is 2.42 bits per heavy atom. The van der Waals surface area contributed by atoms with Crippen molar-refractivity contribution in [2.24, 2.45) is 7.05 Å². The van der Waals surface area contributed by atoms with Crippen LogP contribution in [0.2, 0.25) is 0 Å². The maximum Gasteiger partial charge on any atom is 0.296 e. The molecule has 0 atom stereocenters. The summed E-state index contributed by atoms with van der Waals surface area (Å²) >= 11 is 0.934. The molecule has 2 N–H and O–H groups in total. The van der Waals surface area contributed by atoms with Gasteiger partial charge in [0.25, 0.3) is 17.4 Å². The molecule has 2 heterocycles. The number of rotatable bonds is 7. The van der Waals surface area contributed by atoms with Gasteiger partial charge in [-0.3, -0.25) is 24.5 Å². The zero-order valence-corrected chi connectivity index (χ0v) is 22.4. The number of hydrogen-bond acceptors (Lipinski definition) is 6. The summed E-state index contributed by atoms with van der Waals surface area (Å²) in [6.07, 6.45) is 1.57. The fourth-order valence-electron chi connectivity index (χ4n) is 4.25. The molecule has 11 heteroatoms. The van der Waals surface area contributed by atoms with Crippen LogP contribution in [0.5, 0.6) is 5.75 Å². The fraction of sp³-hybridized carbons (Fsp3) is 0.103. The largest absolute Gasteiger partial charge is 0.483 e. The summed E-state index contributed by atoms with van der Waals surface area (Å²) in [6, 6.07) is 21.3. The molecule has 1 aliphatic rings. The normalized spacial score (nSPS) is 14.2. The van der Waals surface area contributed by atoms with Gasteiger partial charge in [-0.2, -0.15) is 0 Å². The molecule has 1 saturated heterocycles. The molecule has 202 valence electrons. The van der Waals surface area contributed by atoms with E-state index < -0.39 is 23.2 Å². The minimum atomic E-state index is -0.509. The molecule has 5 rings (SSSR count). The second-order valence-electron chi connectivity index (χ2n) is 8.85. The van der Waals surface area contributed by atoms with E-state index in [1.165, 1.54) is 28.9 Å². The number of benzene rings is 3. The summed E-state index contributed by atoms with van der Waals surface area (Å²) in [5, 5.41) is 11.0. The number of nitrogens with zero attached hydrogens (tertiary/aromatic N) is 3. The lowest BCUT2D eigenvalue weighted by atomic mass is 10.2. The summed E-state index contributed by atoms with van der Waals surface area (Å²) in [4.78, 5) is 40.6. The van der Waals surface area contributed by atoms with Gasteiger partial charge < -0.3 is 10.1 Å². The topological polar surface area (TPSA) is 109 Å². The van der Waals surface area contributed by atoms with Crippen molar-refractivity contribution in [3.8, 4) is 11.4 Å². The highest BCUT2D eigenvalue weighted by Crippen LogP contribution is 2.36. The highest BCUT2D eigenvalue weighted by molar-refractivity contribution is 8.19. The molecule has 0 bridgehead atoms.